The number of carbonyl (C=O) groups is 1. The lowest BCUT2D eigenvalue weighted by atomic mass is 9.87. The molecular formula is C29H39N3O2S. The zero-order valence-electron chi connectivity index (χ0n) is 21.0. The summed E-state index contributed by atoms with van der Waals surface area (Å²) in [4.78, 5) is 20.2. The van der Waals surface area contributed by atoms with Crippen LogP contribution in [0.25, 0.3) is 17.0 Å². The molecule has 0 bridgehead atoms. The second-order valence-electron chi connectivity index (χ2n) is 9.48. The highest BCUT2D eigenvalue weighted by Crippen LogP contribution is 2.33. The molecule has 1 unspecified atom stereocenters. The number of H-pyrrole nitrogens is 1. The van der Waals surface area contributed by atoms with E-state index < -0.39 is 0 Å². The largest absolute Gasteiger partial charge is 0.392 e. The van der Waals surface area contributed by atoms with Crippen molar-refractivity contribution < 1.29 is 9.90 Å². The van der Waals surface area contributed by atoms with Crippen LogP contribution in [0.3, 0.4) is 0 Å². The van der Waals surface area contributed by atoms with Gasteiger partial charge in [0.05, 0.1) is 6.10 Å². The summed E-state index contributed by atoms with van der Waals surface area (Å²) in [7, 11) is 0. The number of aliphatic hydroxyl groups is 1. The summed E-state index contributed by atoms with van der Waals surface area (Å²) in [6.45, 7) is 8.28. The predicted molar refractivity (Wildman–Crippen MR) is 147 cm³/mol. The molecule has 2 aliphatic rings. The van der Waals surface area contributed by atoms with E-state index in [1.807, 2.05) is 41.6 Å². The minimum absolute atomic E-state index is 0.0773. The van der Waals surface area contributed by atoms with Crippen LogP contribution in [0, 0.1) is 5.92 Å². The van der Waals surface area contributed by atoms with Gasteiger partial charge in [-0.3, -0.25) is 4.79 Å². The summed E-state index contributed by atoms with van der Waals surface area (Å²) in [5.74, 6) is 0.945. The molecule has 3 aromatic rings. The Morgan fingerprint density at radius 1 is 1.11 bits per heavy atom. The highest BCUT2D eigenvalue weighted by Gasteiger charge is 2.30. The molecule has 2 aliphatic heterocycles. The molecule has 0 saturated carbocycles. The summed E-state index contributed by atoms with van der Waals surface area (Å²) >= 11 is 1.63. The maximum atomic E-state index is 12.5. The first-order valence-electron chi connectivity index (χ1n) is 13.1. The number of carbonyl (C=O) groups excluding carboxylic acids is 1. The molecule has 2 aromatic heterocycles. The van der Waals surface area contributed by atoms with E-state index in [-0.39, 0.29) is 17.9 Å². The fraction of sp³-hybridized carbons (Fsp3) is 0.483. The number of benzene rings is 1. The van der Waals surface area contributed by atoms with Crippen molar-refractivity contribution in [2.45, 2.75) is 51.6 Å². The van der Waals surface area contributed by atoms with Crippen LogP contribution in [0.1, 0.15) is 56.6 Å². The second-order valence-corrected chi connectivity index (χ2v) is 10.3. The predicted octanol–water partition coefficient (Wildman–Crippen LogP) is 5.75. The van der Waals surface area contributed by atoms with E-state index in [2.05, 4.69) is 40.3 Å². The van der Waals surface area contributed by atoms with Gasteiger partial charge < -0.3 is 19.9 Å². The van der Waals surface area contributed by atoms with Crippen LogP contribution < -0.4 is 0 Å². The zero-order valence-corrected chi connectivity index (χ0v) is 21.8. The van der Waals surface area contributed by atoms with Gasteiger partial charge in [0.1, 0.15) is 0 Å². The number of likely N-dealkylation sites (tertiary alicyclic amines) is 2. The lowest BCUT2D eigenvalue weighted by molar-refractivity contribution is -0.128. The van der Waals surface area contributed by atoms with E-state index in [0.29, 0.717) is 5.92 Å². The lowest BCUT2D eigenvalue weighted by Crippen LogP contribution is -2.45. The Balaban J connectivity index is 0.00000141. The Labute approximate surface area is 213 Å². The number of fused-ring (bicyclic) bond motifs is 1. The van der Waals surface area contributed by atoms with Gasteiger partial charge in [-0.25, -0.2) is 0 Å². The molecule has 2 saturated heterocycles. The minimum atomic E-state index is -0.312. The quantitative estimate of drug-likeness (QED) is 0.430. The topological polar surface area (TPSA) is 59.6 Å². The first kappa shape index (κ1) is 25.7. The van der Waals surface area contributed by atoms with Gasteiger partial charge in [-0.1, -0.05) is 32.0 Å². The fourth-order valence-corrected chi connectivity index (χ4v) is 6.05. The Hall–Kier alpha value is -2.41. The van der Waals surface area contributed by atoms with Crippen molar-refractivity contribution in [1.82, 2.24) is 14.8 Å². The van der Waals surface area contributed by atoms with Crippen molar-refractivity contribution in [1.29, 1.82) is 0 Å². The van der Waals surface area contributed by atoms with Gasteiger partial charge in [-0.15, -0.1) is 0 Å². The molecule has 4 heterocycles. The third-order valence-electron chi connectivity index (χ3n) is 7.45. The van der Waals surface area contributed by atoms with E-state index in [9.17, 15) is 9.90 Å². The van der Waals surface area contributed by atoms with Crippen molar-refractivity contribution in [3.8, 4) is 0 Å². The number of aromatic amines is 1. The first-order chi connectivity index (χ1) is 17.2. The average Bonchev–Trinajstić information content (AvgIpc) is 3.59. The maximum absolute atomic E-state index is 12.5. The van der Waals surface area contributed by atoms with E-state index in [1.165, 1.54) is 16.5 Å². The Morgan fingerprint density at radius 3 is 2.57 bits per heavy atom. The number of para-hydroxylation sites is 1. The maximum Gasteiger partial charge on any atom is 0.246 e. The summed E-state index contributed by atoms with van der Waals surface area (Å²) in [5.41, 5.74) is 3.74. The van der Waals surface area contributed by atoms with Gasteiger partial charge >= 0.3 is 0 Å². The van der Waals surface area contributed by atoms with E-state index in [1.54, 1.807) is 17.4 Å². The van der Waals surface area contributed by atoms with Gasteiger partial charge in [0.15, 0.2) is 0 Å². The molecular weight excluding hydrogens is 454 g/mol. The van der Waals surface area contributed by atoms with E-state index in [4.69, 9.17) is 0 Å². The monoisotopic (exact) mass is 493 g/mol. The molecule has 6 heteroatoms. The van der Waals surface area contributed by atoms with Crippen molar-refractivity contribution in [3.63, 3.8) is 0 Å². The van der Waals surface area contributed by atoms with Crippen LogP contribution in [0.4, 0.5) is 0 Å². The van der Waals surface area contributed by atoms with Crippen LogP contribution >= 0.6 is 11.3 Å². The van der Waals surface area contributed by atoms with E-state index >= 15 is 0 Å². The van der Waals surface area contributed by atoms with Crippen molar-refractivity contribution >= 4 is 34.2 Å². The van der Waals surface area contributed by atoms with Crippen LogP contribution in [0.2, 0.25) is 0 Å². The van der Waals surface area contributed by atoms with Crippen LogP contribution in [0.15, 0.2) is 53.4 Å². The van der Waals surface area contributed by atoms with Crippen molar-refractivity contribution in [2.24, 2.45) is 5.92 Å². The third kappa shape index (κ3) is 6.43. The van der Waals surface area contributed by atoms with Crippen molar-refractivity contribution in [3.05, 3.63) is 64.5 Å². The first-order valence-corrected chi connectivity index (χ1v) is 14.1. The number of aliphatic hydroxyl groups excluding tert-OH is 1. The summed E-state index contributed by atoms with van der Waals surface area (Å²) in [6, 6.07) is 10.6. The summed E-state index contributed by atoms with van der Waals surface area (Å²) < 4.78 is 0. The zero-order chi connectivity index (χ0) is 24.6. The molecule has 2 N–H and O–H groups in total. The number of thiophene rings is 1. The molecule has 1 atom stereocenters. The van der Waals surface area contributed by atoms with Gasteiger partial charge in [-0.05, 0) is 90.7 Å². The number of piperidine rings is 2. The molecule has 0 radical (unpaired) electrons. The fourth-order valence-electron chi connectivity index (χ4n) is 5.42. The molecule has 2 fully saturated rings. The number of rotatable bonds is 6. The Bertz CT molecular complexity index is 1070. The highest BCUT2D eigenvalue weighted by atomic mass is 32.1. The standard InChI is InChI=1S/C27H33N3O2S.C2H6/c31-26(22-9-14-30(15-10-22)27(32)6-5-20-11-16-33-19-20)18-29-12-7-21(8-13-29)24-17-28-25-4-2-1-3-23(24)25;1-2/h1-6,11,16-17,19,21-22,26,28,31H,7-10,12-15,18H2;1-2H3/b6-5+;. The summed E-state index contributed by atoms with van der Waals surface area (Å²) in [5, 5.41) is 16.3. The normalized spacial score (nSPS) is 19.1. The molecule has 0 spiro atoms. The van der Waals surface area contributed by atoms with Gasteiger partial charge in [0.2, 0.25) is 5.91 Å². The number of β-amino-alcohol motifs (C(OH)–C–C–N with tert-alkyl or cyclic N) is 1. The Morgan fingerprint density at radius 2 is 1.86 bits per heavy atom. The number of hydrogen-bond acceptors (Lipinski definition) is 4. The highest BCUT2D eigenvalue weighted by molar-refractivity contribution is 7.08. The number of nitrogens with zero attached hydrogens (tertiary/aromatic N) is 2. The minimum Gasteiger partial charge on any atom is -0.392 e. The second kappa shape index (κ2) is 12.5. The molecule has 5 rings (SSSR count). The van der Waals surface area contributed by atoms with Crippen LogP contribution in [-0.2, 0) is 4.79 Å². The smallest absolute Gasteiger partial charge is 0.246 e. The van der Waals surface area contributed by atoms with Crippen LogP contribution in [0.5, 0.6) is 0 Å². The molecule has 5 nitrogen and oxygen atoms in total. The lowest BCUT2D eigenvalue weighted by Gasteiger charge is -2.37. The SMILES string of the molecule is CC.O=C(/C=C/c1ccsc1)N1CCC(C(O)CN2CCC(c3c[nH]c4ccccc34)CC2)CC1. The Kier molecular flexibility index (Phi) is 9.18. The number of amides is 1. The summed E-state index contributed by atoms with van der Waals surface area (Å²) in [6.07, 6.45) is 9.47. The number of aromatic nitrogens is 1. The number of nitrogens with one attached hydrogen (secondary N) is 1. The third-order valence-corrected chi connectivity index (χ3v) is 8.15. The molecule has 1 aromatic carbocycles. The van der Waals surface area contributed by atoms with Gasteiger partial charge in [-0.2, -0.15) is 11.3 Å². The molecule has 0 aliphatic carbocycles. The van der Waals surface area contributed by atoms with Gasteiger partial charge in [0.25, 0.3) is 0 Å². The van der Waals surface area contributed by atoms with Crippen molar-refractivity contribution in [2.75, 3.05) is 32.7 Å². The molecule has 188 valence electrons. The van der Waals surface area contributed by atoms with E-state index in [0.717, 1.165) is 64.0 Å². The number of hydrogen-bond donors (Lipinski definition) is 2. The molecule has 35 heavy (non-hydrogen) atoms. The van der Waals surface area contributed by atoms with Gasteiger partial charge in [0, 0.05) is 42.8 Å². The van der Waals surface area contributed by atoms with Crippen LogP contribution in [-0.4, -0.2) is 64.6 Å². The average molecular weight is 494 g/mol. The molecule has 1 amide bonds.